The molecule has 7 rings (SSSR count). The van der Waals surface area contributed by atoms with Crippen molar-refractivity contribution in [2.24, 2.45) is 0 Å². The Morgan fingerprint density at radius 3 is 2.51 bits per heavy atom. The maximum absolute atomic E-state index is 13.9. The molecule has 2 aromatic carbocycles. The third-order valence-electron chi connectivity index (χ3n) is 9.44. The van der Waals surface area contributed by atoms with E-state index in [1.54, 1.807) is 18.2 Å². The number of fused-ring (bicyclic) bond motifs is 3. The summed E-state index contributed by atoms with van der Waals surface area (Å²) in [7, 11) is -2.46. The number of methoxy groups -OCH3 is 1. The number of ether oxygens (including phenoxy) is 2. The van der Waals surface area contributed by atoms with Crippen molar-refractivity contribution in [1.82, 2.24) is 10.1 Å². The number of hydrogen-bond donors (Lipinski definition) is 0. The highest BCUT2D eigenvalue weighted by atomic mass is 32.2. The highest BCUT2D eigenvalue weighted by Crippen LogP contribution is 2.47. The number of hydrogen-bond acceptors (Lipinski definition) is 10. The van der Waals surface area contributed by atoms with Crippen LogP contribution in [-0.4, -0.2) is 55.6 Å². The summed E-state index contributed by atoms with van der Waals surface area (Å²) in [6.07, 6.45) is 0.355. The highest BCUT2D eigenvalue weighted by Gasteiger charge is 2.43. The largest absolute Gasteiger partial charge is 0.469 e. The minimum Gasteiger partial charge on any atom is -0.469 e. The fourth-order valence-corrected chi connectivity index (χ4v) is 9.56. The Morgan fingerprint density at radius 2 is 1.83 bits per heavy atom. The molecule has 250 valence electrons. The zero-order valence-electron chi connectivity index (χ0n) is 25.9. The number of benzene rings is 2. The molecule has 1 aliphatic carbocycles. The topological polar surface area (TPSA) is 112 Å². The second-order valence-electron chi connectivity index (χ2n) is 12.6. The van der Waals surface area contributed by atoms with E-state index in [-0.39, 0.29) is 59.0 Å². The van der Waals surface area contributed by atoms with E-state index >= 15 is 0 Å². The van der Waals surface area contributed by atoms with Gasteiger partial charge < -0.3 is 18.9 Å². The summed E-state index contributed by atoms with van der Waals surface area (Å²) in [5.41, 5.74) is 1.53. The Hall–Kier alpha value is -3.49. The van der Waals surface area contributed by atoms with Gasteiger partial charge in [0.1, 0.15) is 11.5 Å². The number of rotatable bonds is 10. The maximum Gasteiger partial charge on any atom is 0.417 e. The van der Waals surface area contributed by atoms with Crippen LogP contribution < -0.4 is 4.90 Å². The van der Waals surface area contributed by atoms with Crippen molar-refractivity contribution in [2.45, 2.75) is 93.7 Å². The van der Waals surface area contributed by atoms with Gasteiger partial charge in [-0.15, -0.1) is 0 Å². The fourth-order valence-electron chi connectivity index (χ4n) is 6.93. The van der Waals surface area contributed by atoms with Crippen LogP contribution in [0, 0.1) is 6.92 Å². The first-order chi connectivity index (χ1) is 22.4. The molecule has 3 fully saturated rings. The quantitative estimate of drug-likeness (QED) is 0.160. The number of piperidine rings is 1. The standard InChI is InChI=1S/C33H34F3N3O6S2/c1-18-13-23(47(41,42)12-11-28(40)43-2)16-27-29(18)37-32(46-27)39-20-9-10-21(39)15-22(14-20)44-17-25-30(38-45-31(25)19-7-8-19)24-5-3-4-6-26(24)33(34,35)36/h3-6,13,16,19-22H,7-12,14-15,17H2,1-2H3/t20-,21+,22?. The Morgan fingerprint density at radius 1 is 1.11 bits per heavy atom. The normalized spacial score (nSPS) is 21.5. The first-order valence-corrected chi connectivity index (χ1v) is 18.2. The first kappa shape index (κ1) is 32.1. The van der Waals surface area contributed by atoms with Gasteiger partial charge in [0, 0.05) is 29.1 Å². The van der Waals surface area contributed by atoms with Crippen LogP contribution in [0.4, 0.5) is 18.3 Å². The lowest BCUT2D eigenvalue weighted by atomic mass is 9.98. The minimum absolute atomic E-state index is 0.00492. The summed E-state index contributed by atoms with van der Waals surface area (Å²) < 4.78 is 85.0. The molecule has 0 amide bonds. The molecule has 47 heavy (non-hydrogen) atoms. The van der Waals surface area contributed by atoms with E-state index in [0.717, 1.165) is 65.5 Å². The van der Waals surface area contributed by atoms with Gasteiger partial charge in [0.15, 0.2) is 15.0 Å². The molecule has 3 atom stereocenters. The monoisotopic (exact) mass is 689 g/mol. The molecule has 1 unspecified atom stereocenters. The number of halogens is 3. The molecule has 0 radical (unpaired) electrons. The Bertz CT molecular complexity index is 1920. The fraction of sp³-hybridized carbons (Fsp3) is 0.485. The molecule has 2 aliphatic heterocycles. The lowest BCUT2D eigenvalue weighted by molar-refractivity contribution is -0.140. The molecule has 4 aromatic rings. The summed E-state index contributed by atoms with van der Waals surface area (Å²) in [4.78, 5) is 19.0. The third kappa shape index (κ3) is 6.27. The number of sulfone groups is 1. The molecular formula is C33H34F3N3O6S2. The number of thiazole rings is 1. The molecule has 14 heteroatoms. The van der Waals surface area contributed by atoms with Crippen LogP contribution in [0.15, 0.2) is 45.8 Å². The van der Waals surface area contributed by atoms with Crippen LogP contribution in [0.2, 0.25) is 0 Å². The van der Waals surface area contributed by atoms with Crippen LogP contribution in [0.3, 0.4) is 0 Å². The summed E-state index contributed by atoms with van der Waals surface area (Å²) in [6.45, 7) is 1.95. The van der Waals surface area contributed by atoms with Crippen molar-refractivity contribution in [1.29, 1.82) is 0 Å². The molecule has 2 saturated heterocycles. The van der Waals surface area contributed by atoms with E-state index in [0.29, 0.717) is 11.3 Å². The number of carbonyl (C=O) groups is 1. The van der Waals surface area contributed by atoms with Gasteiger partial charge in [-0.25, -0.2) is 13.4 Å². The molecule has 2 bridgehead atoms. The predicted molar refractivity (Wildman–Crippen MR) is 169 cm³/mol. The van der Waals surface area contributed by atoms with Crippen molar-refractivity contribution in [2.75, 3.05) is 17.8 Å². The second kappa shape index (κ2) is 12.2. The van der Waals surface area contributed by atoms with E-state index in [4.69, 9.17) is 14.2 Å². The van der Waals surface area contributed by atoms with Gasteiger partial charge in [0.2, 0.25) is 0 Å². The van der Waals surface area contributed by atoms with Crippen molar-refractivity contribution in [3.05, 3.63) is 58.8 Å². The maximum atomic E-state index is 13.9. The number of aryl methyl sites for hydroxylation is 1. The van der Waals surface area contributed by atoms with E-state index in [1.807, 2.05) is 6.92 Å². The summed E-state index contributed by atoms with van der Waals surface area (Å²) in [5, 5.41) is 4.95. The van der Waals surface area contributed by atoms with E-state index in [1.165, 1.54) is 30.6 Å². The molecule has 4 heterocycles. The lowest BCUT2D eigenvalue weighted by Crippen LogP contribution is -2.45. The van der Waals surface area contributed by atoms with Gasteiger partial charge in [0.25, 0.3) is 0 Å². The van der Waals surface area contributed by atoms with Gasteiger partial charge in [-0.1, -0.05) is 34.7 Å². The van der Waals surface area contributed by atoms with Crippen LogP contribution in [0.25, 0.3) is 21.5 Å². The lowest BCUT2D eigenvalue weighted by Gasteiger charge is -2.38. The van der Waals surface area contributed by atoms with Crippen LogP contribution >= 0.6 is 11.3 Å². The Balaban J connectivity index is 1.08. The molecule has 1 saturated carbocycles. The van der Waals surface area contributed by atoms with Crippen molar-refractivity contribution < 1.29 is 40.4 Å². The van der Waals surface area contributed by atoms with Crippen LogP contribution in [0.5, 0.6) is 0 Å². The van der Waals surface area contributed by atoms with Gasteiger partial charge in [0.05, 0.1) is 52.7 Å². The summed E-state index contributed by atoms with van der Waals surface area (Å²) in [5.74, 6) is -0.140. The summed E-state index contributed by atoms with van der Waals surface area (Å²) >= 11 is 1.46. The van der Waals surface area contributed by atoms with Crippen molar-refractivity contribution >= 4 is 42.5 Å². The molecule has 2 aromatic heterocycles. The molecular weight excluding hydrogens is 656 g/mol. The van der Waals surface area contributed by atoms with Crippen molar-refractivity contribution in [3.8, 4) is 11.3 Å². The third-order valence-corrected chi connectivity index (χ3v) is 12.1. The zero-order chi connectivity index (χ0) is 33.1. The van der Waals surface area contributed by atoms with Crippen molar-refractivity contribution in [3.63, 3.8) is 0 Å². The first-order valence-electron chi connectivity index (χ1n) is 15.7. The number of carbonyl (C=O) groups excluding carboxylic acids is 1. The smallest absolute Gasteiger partial charge is 0.417 e. The minimum atomic E-state index is -4.53. The number of nitrogens with zero attached hydrogens (tertiary/aromatic N) is 3. The second-order valence-corrected chi connectivity index (χ2v) is 15.7. The van der Waals surface area contributed by atoms with Gasteiger partial charge in [-0.3, -0.25) is 4.79 Å². The Kier molecular flexibility index (Phi) is 8.32. The average molecular weight is 690 g/mol. The molecule has 0 spiro atoms. The SMILES string of the molecule is COC(=O)CCS(=O)(=O)c1cc(C)c2nc(N3[C@@H]4CC[C@H]3CC(OCc3c(-c5ccccc5C(F)(F)F)noc3C3CC3)C4)sc2c1. The van der Waals surface area contributed by atoms with E-state index in [9.17, 15) is 26.4 Å². The Labute approximate surface area is 274 Å². The number of anilines is 1. The zero-order valence-corrected chi connectivity index (χ0v) is 27.5. The van der Waals surface area contributed by atoms with Gasteiger partial charge >= 0.3 is 12.1 Å². The molecule has 0 N–H and O–H groups in total. The molecule has 9 nitrogen and oxygen atoms in total. The predicted octanol–water partition coefficient (Wildman–Crippen LogP) is 7.21. The highest BCUT2D eigenvalue weighted by molar-refractivity contribution is 7.91. The number of aromatic nitrogens is 2. The number of esters is 1. The van der Waals surface area contributed by atoms with Gasteiger partial charge in [-0.2, -0.15) is 13.2 Å². The number of alkyl halides is 3. The molecule has 3 aliphatic rings. The van der Waals surface area contributed by atoms with Crippen LogP contribution in [0.1, 0.15) is 73.3 Å². The van der Waals surface area contributed by atoms with Crippen LogP contribution in [-0.2, 0) is 36.9 Å². The van der Waals surface area contributed by atoms with E-state index < -0.39 is 27.5 Å². The van der Waals surface area contributed by atoms with E-state index in [2.05, 4.69) is 14.8 Å². The summed E-state index contributed by atoms with van der Waals surface area (Å²) in [6, 6.07) is 9.01. The average Bonchev–Trinajstić information content (AvgIpc) is 3.55. The van der Waals surface area contributed by atoms with Gasteiger partial charge in [-0.05, 0) is 69.2 Å².